The van der Waals surface area contributed by atoms with Gasteiger partial charge < -0.3 is 15.2 Å². The number of pyridine rings is 1. The lowest BCUT2D eigenvalue weighted by Gasteiger charge is -2.06. The number of benzene rings is 1. The van der Waals surface area contributed by atoms with Gasteiger partial charge in [-0.3, -0.25) is 4.79 Å². The van der Waals surface area contributed by atoms with E-state index in [9.17, 15) is 4.79 Å². The molecular weight excluding hydrogens is 292 g/mol. The van der Waals surface area contributed by atoms with Crippen molar-refractivity contribution in [3.63, 3.8) is 0 Å². The maximum absolute atomic E-state index is 12.1. The lowest BCUT2D eigenvalue weighted by molar-refractivity contribution is 0.0946. The lowest BCUT2D eigenvalue weighted by atomic mass is 10.2. The van der Waals surface area contributed by atoms with E-state index in [1.807, 2.05) is 37.3 Å². The molecule has 0 radical (unpaired) electrons. The summed E-state index contributed by atoms with van der Waals surface area (Å²) in [4.78, 5) is 16.2. The van der Waals surface area contributed by atoms with E-state index in [0.717, 1.165) is 17.0 Å². The molecule has 2 aromatic heterocycles. The zero-order valence-corrected chi connectivity index (χ0v) is 12.6. The summed E-state index contributed by atoms with van der Waals surface area (Å²) in [6.45, 7) is 2.29. The van der Waals surface area contributed by atoms with Crippen LogP contribution < -0.4 is 10.6 Å². The second-order valence-electron chi connectivity index (χ2n) is 5.05. The number of aryl methyl sites for hydroxylation is 1. The number of hydrogen-bond acceptors (Lipinski definition) is 5. The molecule has 0 spiro atoms. The van der Waals surface area contributed by atoms with Crippen LogP contribution in [-0.4, -0.2) is 16.0 Å². The van der Waals surface area contributed by atoms with Crippen LogP contribution in [0.1, 0.15) is 21.8 Å². The van der Waals surface area contributed by atoms with Gasteiger partial charge in [0.2, 0.25) is 0 Å². The van der Waals surface area contributed by atoms with E-state index in [2.05, 4.69) is 20.8 Å². The molecule has 3 aromatic rings. The van der Waals surface area contributed by atoms with E-state index in [0.29, 0.717) is 18.1 Å². The fourth-order valence-corrected chi connectivity index (χ4v) is 2.04. The number of amides is 1. The molecule has 0 fully saturated rings. The Hall–Kier alpha value is -3.15. The second kappa shape index (κ2) is 6.74. The van der Waals surface area contributed by atoms with Gasteiger partial charge in [-0.2, -0.15) is 0 Å². The summed E-state index contributed by atoms with van der Waals surface area (Å²) in [6.07, 6.45) is 1.58. The first kappa shape index (κ1) is 14.8. The third-order valence-corrected chi connectivity index (χ3v) is 3.19. The lowest BCUT2D eigenvalue weighted by Crippen LogP contribution is -2.23. The molecule has 23 heavy (non-hydrogen) atoms. The van der Waals surface area contributed by atoms with Crippen molar-refractivity contribution in [2.24, 2.45) is 0 Å². The standard InChI is InChI=1S/C17H16N4O2/c1-12-9-16(21-23-12)20-14-7-8-15(18-11-14)17(22)19-10-13-5-3-2-4-6-13/h2-9,11H,10H2,1H3,(H,19,22)(H,20,21). The van der Waals surface area contributed by atoms with Crippen molar-refractivity contribution in [3.8, 4) is 0 Å². The van der Waals surface area contributed by atoms with Crippen LogP contribution in [0.15, 0.2) is 59.3 Å². The predicted molar refractivity (Wildman–Crippen MR) is 86.4 cm³/mol. The molecule has 0 unspecified atom stereocenters. The van der Waals surface area contributed by atoms with Gasteiger partial charge in [-0.15, -0.1) is 0 Å². The minimum absolute atomic E-state index is 0.210. The maximum Gasteiger partial charge on any atom is 0.270 e. The van der Waals surface area contributed by atoms with Gasteiger partial charge in [0.1, 0.15) is 11.5 Å². The maximum atomic E-state index is 12.1. The number of hydrogen-bond donors (Lipinski definition) is 2. The van der Waals surface area contributed by atoms with E-state index < -0.39 is 0 Å². The topological polar surface area (TPSA) is 80.0 Å². The summed E-state index contributed by atoms with van der Waals surface area (Å²) in [5.41, 5.74) is 2.14. The number of anilines is 2. The Morgan fingerprint density at radius 3 is 2.65 bits per heavy atom. The average molecular weight is 308 g/mol. The van der Waals surface area contributed by atoms with Crippen molar-refractivity contribution >= 4 is 17.4 Å². The molecule has 6 heteroatoms. The number of aromatic nitrogens is 2. The predicted octanol–water partition coefficient (Wildman–Crippen LogP) is 3.05. The number of carbonyl (C=O) groups is 1. The molecule has 1 aromatic carbocycles. The Bertz CT molecular complexity index is 782. The van der Waals surface area contributed by atoms with Crippen molar-refractivity contribution in [1.29, 1.82) is 0 Å². The number of carbonyl (C=O) groups excluding carboxylic acids is 1. The molecule has 6 nitrogen and oxygen atoms in total. The van der Waals surface area contributed by atoms with Crippen LogP contribution in [0, 0.1) is 6.92 Å². The molecule has 2 heterocycles. The second-order valence-corrected chi connectivity index (χ2v) is 5.05. The molecule has 116 valence electrons. The molecule has 0 bridgehead atoms. The summed E-state index contributed by atoms with van der Waals surface area (Å²) in [5, 5.41) is 9.73. The molecular formula is C17H16N4O2. The minimum atomic E-state index is -0.210. The van der Waals surface area contributed by atoms with Crippen LogP contribution in [0.4, 0.5) is 11.5 Å². The van der Waals surface area contributed by atoms with Crippen LogP contribution in [0.5, 0.6) is 0 Å². The molecule has 3 rings (SSSR count). The van der Waals surface area contributed by atoms with Gasteiger partial charge in [0.05, 0.1) is 11.9 Å². The Labute approximate surface area is 133 Å². The highest BCUT2D eigenvalue weighted by atomic mass is 16.5. The first-order valence-corrected chi connectivity index (χ1v) is 7.19. The van der Waals surface area contributed by atoms with Crippen molar-refractivity contribution in [3.05, 3.63) is 71.7 Å². The molecule has 0 aliphatic heterocycles. The summed E-state index contributed by atoms with van der Waals surface area (Å²) in [5.74, 6) is 1.11. The van der Waals surface area contributed by atoms with Gasteiger partial charge in [-0.1, -0.05) is 35.5 Å². The highest BCUT2D eigenvalue weighted by molar-refractivity contribution is 5.92. The van der Waals surface area contributed by atoms with Gasteiger partial charge >= 0.3 is 0 Å². The van der Waals surface area contributed by atoms with Crippen LogP contribution >= 0.6 is 0 Å². The van der Waals surface area contributed by atoms with E-state index in [1.54, 1.807) is 24.4 Å². The fourth-order valence-electron chi connectivity index (χ4n) is 2.04. The average Bonchev–Trinajstić information content (AvgIpc) is 2.99. The Kier molecular flexibility index (Phi) is 4.33. The van der Waals surface area contributed by atoms with Crippen LogP contribution in [0.2, 0.25) is 0 Å². The van der Waals surface area contributed by atoms with Gasteiger partial charge in [0.15, 0.2) is 5.82 Å². The van der Waals surface area contributed by atoms with Crippen LogP contribution in [-0.2, 0) is 6.54 Å². The highest BCUT2D eigenvalue weighted by Gasteiger charge is 2.07. The fraction of sp³-hybridized carbons (Fsp3) is 0.118. The molecule has 1 amide bonds. The number of rotatable bonds is 5. The van der Waals surface area contributed by atoms with Crippen molar-refractivity contribution in [2.45, 2.75) is 13.5 Å². The minimum Gasteiger partial charge on any atom is -0.360 e. The highest BCUT2D eigenvalue weighted by Crippen LogP contribution is 2.15. The molecule has 0 atom stereocenters. The van der Waals surface area contributed by atoms with Crippen LogP contribution in [0.3, 0.4) is 0 Å². The van der Waals surface area contributed by atoms with E-state index in [4.69, 9.17) is 4.52 Å². The summed E-state index contributed by atoms with van der Waals surface area (Å²) >= 11 is 0. The smallest absolute Gasteiger partial charge is 0.270 e. The largest absolute Gasteiger partial charge is 0.360 e. The van der Waals surface area contributed by atoms with Gasteiger partial charge in [-0.05, 0) is 24.6 Å². The molecule has 0 aliphatic carbocycles. The quantitative estimate of drug-likeness (QED) is 0.757. The Balaban J connectivity index is 1.59. The summed E-state index contributed by atoms with van der Waals surface area (Å²) in [7, 11) is 0. The summed E-state index contributed by atoms with van der Waals surface area (Å²) in [6, 6.07) is 14.9. The first-order valence-electron chi connectivity index (χ1n) is 7.19. The van der Waals surface area contributed by atoms with Gasteiger partial charge in [-0.25, -0.2) is 4.98 Å². The van der Waals surface area contributed by atoms with Crippen molar-refractivity contribution in [2.75, 3.05) is 5.32 Å². The molecule has 0 saturated carbocycles. The Morgan fingerprint density at radius 2 is 2.00 bits per heavy atom. The molecule has 0 saturated heterocycles. The van der Waals surface area contributed by atoms with E-state index in [-0.39, 0.29) is 5.91 Å². The zero-order chi connectivity index (χ0) is 16.1. The van der Waals surface area contributed by atoms with Gasteiger partial charge in [0, 0.05) is 12.6 Å². The molecule has 2 N–H and O–H groups in total. The SMILES string of the molecule is Cc1cc(Nc2ccc(C(=O)NCc3ccccc3)nc2)no1. The zero-order valence-electron chi connectivity index (χ0n) is 12.6. The third-order valence-electron chi connectivity index (χ3n) is 3.19. The van der Waals surface area contributed by atoms with E-state index >= 15 is 0 Å². The normalized spacial score (nSPS) is 10.3. The van der Waals surface area contributed by atoms with Gasteiger partial charge in [0.25, 0.3) is 5.91 Å². The number of nitrogens with one attached hydrogen (secondary N) is 2. The Morgan fingerprint density at radius 1 is 1.17 bits per heavy atom. The van der Waals surface area contributed by atoms with Crippen LogP contribution in [0.25, 0.3) is 0 Å². The monoisotopic (exact) mass is 308 g/mol. The third kappa shape index (κ3) is 3.94. The number of nitrogens with zero attached hydrogens (tertiary/aromatic N) is 2. The van der Waals surface area contributed by atoms with Crippen molar-refractivity contribution < 1.29 is 9.32 Å². The van der Waals surface area contributed by atoms with E-state index in [1.165, 1.54) is 0 Å². The first-order chi connectivity index (χ1) is 11.2. The molecule has 0 aliphatic rings. The summed E-state index contributed by atoms with van der Waals surface area (Å²) < 4.78 is 4.98. The van der Waals surface area contributed by atoms with Crippen molar-refractivity contribution in [1.82, 2.24) is 15.5 Å².